The molecule has 0 aromatic carbocycles. The third-order valence-corrected chi connectivity index (χ3v) is 6.24. The molecule has 2 aliphatic rings. The number of nitrogens with one attached hydrogen (secondary N) is 1. The molecule has 122 valence electrons. The molecule has 3 heterocycles. The third kappa shape index (κ3) is 3.18. The van der Waals surface area contributed by atoms with Crippen LogP contribution in [0.5, 0.6) is 0 Å². The lowest BCUT2D eigenvalue weighted by atomic mass is 9.97. The van der Waals surface area contributed by atoms with Crippen LogP contribution in [-0.2, 0) is 16.1 Å². The first kappa shape index (κ1) is 15.9. The predicted molar refractivity (Wildman–Crippen MR) is 87.8 cm³/mol. The van der Waals surface area contributed by atoms with Crippen molar-refractivity contribution in [2.24, 2.45) is 5.92 Å². The minimum Gasteiger partial charge on any atom is -0.371 e. The smallest absolute Gasteiger partial charge is 0.226 e. The van der Waals surface area contributed by atoms with Crippen LogP contribution in [0.3, 0.4) is 0 Å². The summed E-state index contributed by atoms with van der Waals surface area (Å²) in [5.41, 5.74) is 1.02. The van der Waals surface area contributed by atoms with E-state index in [0.717, 1.165) is 25.2 Å². The van der Waals surface area contributed by atoms with Crippen LogP contribution in [-0.4, -0.2) is 39.3 Å². The monoisotopic (exact) mass is 323 g/mol. The van der Waals surface area contributed by atoms with E-state index >= 15 is 0 Å². The Morgan fingerprint density at radius 1 is 1.64 bits per heavy atom. The summed E-state index contributed by atoms with van der Waals surface area (Å²) in [4.78, 5) is 12.6. The van der Waals surface area contributed by atoms with Crippen LogP contribution < -0.4 is 5.32 Å². The molecule has 1 aromatic rings. The number of carbonyl (C=O) groups is 1. The van der Waals surface area contributed by atoms with Crippen molar-refractivity contribution >= 4 is 17.7 Å². The molecule has 5 nitrogen and oxygen atoms in total. The number of rotatable bonds is 5. The fourth-order valence-electron chi connectivity index (χ4n) is 3.38. The van der Waals surface area contributed by atoms with Gasteiger partial charge in [0.15, 0.2) is 0 Å². The summed E-state index contributed by atoms with van der Waals surface area (Å²) in [6, 6.07) is 1.97. The van der Waals surface area contributed by atoms with Crippen molar-refractivity contribution in [3.8, 4) is 0 Å². The van der Waals surface area contributed by atoms with Gasteiger partial charge in [-0.1, -0.05) is 0 Å². The van der Waals surface area contributed by atoms with Gasteiger partial charge in [0.05, 0.1) is 11.6 Å². The molecule has 2 aliphatic heterocycles. The Morgan fingerprint density at radius 2 is 2.50 bits per heavy atom. The van der Waals surface area contributed by atoms with E-state index in [1.165, 1.54) is 18.6 Å². The summed E-state index contributed by atoms with van der Waals surface area (Å²) in [6.07, 6.45) is 4.85. The van der Waals surface area contributed by atoms with Crippen LogP contribution in [0.1, 0.15) is 44.9 Å². The average Bonchev–Trinajstić information content (AvgIpc) is 3.24. The van der Waals surface area contributed by atoms with E-state index in [-0.39, 0.29) is 22.7 Å². The van der Waals surface area contributed by atoms with Gasteiger partial charge in [-0.2, -0.15) is 16.9 Å². The van der Waals surface area contributed by atoms with Gasteiger partial charge in [0.25, 0.3) is 0 Å². The highest BCUT2D eigenvalue weighted by Gasteiger charge is 2.38. The molecule has 0 aliphatic carbocycles. The van der Waals surface area contributed by atoms with Crippen LogP contribution in [0.4, 0.5) is 0 Å². The van der Waals surface area contributed by atoms with Crippen LogP contribution in [0, 0.1) is 5.92 Å². The van der Waals surface area contributed by atoms with Crippen molar-refractivity contribution in [3.05, 3.63) is 18.0 Å². The summed E-state index contributed by atoms with van der Waals surface area (Å²) in [5.74, 6) is 1.23. The fourth-order valence-corrected chi connectivity index (χ4v) is 4.62. The Kier molecular flexibility index (Phi) is 4.78. The molecule has 0 unspecified atom stereocenters. The van der Waals surface area contributed by atoms with Crippen molar-refractivity contribution < 1.29 is 9.53 Å². The van der Waals surface area contributed by atoms with Crippen molar-refractivity contribution in [1.82, 2.24) is 15.1 Å². The number of amides is 1. The normalized spacial score (nSPS) is 31.5. The van der Waals surface area contributed by atoms with Gasteiger partial charge >= 0.3 is 0 Å². The van der Waals surface area contributed by atoms with Crippen molar-refractivity contribution in [3.63, 3.8) is 0 Å². The number of hydrogen-bond donors (Lipinski definition) is 1. The summed E-state index contributed by atoms with van der Waals surface area (Å²) in [6.45, 7) is 6.50. The zero-order chi connectivity index (χ0) is 15.6. The van der Waals surface area contributed by atoms with Crippen molar-refractivity contribution in [2.45, 2.75) is 50.5 Å². The van der Waals surface area contributed by atoms with E-state index in [9.17, 15) is 4.79 Å². The standard InChI is InChI=1S/C16H25N3O2S/c1-3-19-13(5-8-18-19)14-12(6-9-21-14)15(20)17-11-16(2)7-4-10-22-16/h5,8,12,14H,3-4,6-7,9-11H2,1-2H3,(H,17,20)/t12-,14-,16-/m1/s1. The molecule has 3 atom stereocenters. The number of ether oxygens (including phenoxy) is 1. The topological polar surface area (TPSA) is 56.2 Å². The summed E-state index contributed by atoms with van der Waals surface area (Å²) in [7, 11) is 0. The number of thioether (sulfide) groups is 1. The molecule has 2 saturated heterocycles. The summed E-state index contributed by atoms with van der Waals surface area (Å²) >= 11 is 1.97. The fraction of sp³-hybridized carbons (Fsp3) is 0.750. The maximum Gasteiger partial charge on any atom is 0.226 e. The summed E-state index contributed by atoms with van der Waals surface area (Å²) < 4.78 is 7.97. The molecule has 3 rings (SSSR count). The average molecular weight is 323 g/mol. The third-order valence-electron chi connectivity index (χ3n) is 4.71. The molecule has 2 fully saturated rings. The molecular formula is C16H25N3O2S. The molecule has 0 spiro atoms. The largest absolute Gasteiger partial charge is 0.371 e. The van der Waals surface area contributed by atoms with Crippen LogP contribution >= 0.6 is 11.8 Å². The second-order valence-electron chi connectivity index (χ2n) is 6.38. The van der Waals surface area contributed by atoms with Gasteiger partial charge in [-0.25, -0.2) is 0 Å². The minimum absolute atomic E-state index is 0.1000. The van der Waals surface area contributed by atoms with E-state index in [1.807, 2.05) is 22.5 Å². The van der Waals surface area contributed by atoms with Gasteiger partial charge in [-0.15, -0.1) is 0 Å². The SMILES string of the molecule is CCn1nccc1[C@@H]1OCC[C@H]1C(=O)NC[C@@]1(C)CCCS1. The number of carbonyl (C=O) groups excluding carboxylic acids is 1. The summed E-state index contributed by atoms with van der Waals surface area (Å²) in [5, 5.41) is 7.46. The first-order valence-electron chi connectivity index (χ1n) is 8.18. The quantitative estimate of drug-likeness (QED) is 0.904. The Balaban J connectivity index is 1.64. The lowest BCUT2D eigenvalue weighted by molar-refractivity contribution is -0.127. The van der Waals surface area contributed by atoms with Crippen molar-refractivity contribution in [1.29, 1.82) is 0 Å². The highest BCUT2D eigenvalue weighted by atomic mass is 32.2. The predicted octanol–water partition coefficient (Wildman–Crippen LogP) is 2.38. The van der Waals surface area contributed by atoms with E-state index in [4.69, 9.17) is 4.74 Å². The lowest BCUT2D eigenvalue weighted by Crippen LogP contribution is -2.40. The van der Waals surface area contributed by atoms with Crippen LogP contribution in [0.15, 0.2) is 12.3 Å². The zero-order valence-corrected chi connectivity index (χ0v) is 14.2. The molecule has 0 radical (unpaired) electrons. The Morgan fingerprint density at radius 3 is 3.23 bits per heavy atom. The number of nitrogens with zero attached hydrogens (tertiary/aromatic N) is 2. The molecule has 0 bridgehead atoms. The van der Waals surface area contributed by atoms with E-state index in [1.54, 1.807) is 6.20 Å². The highest BCUT2D eigenvalue weighted by molar-refractivity contribution is 8.00. The van der Waals surface area contributed by atoms with Crippen LogP contribution in [0.25, 0.3) is 0 Å². The molecule has 22 heavy (non-hydrogen) atoms. The van der Waals surface area contributed by atoms with Gasteiger partial charge in [-0.05, 0) is 44.9 Å². The van der Waals surface area contributed by atoms with Gasteiger partial charge in [0.2, 0.25) is 5.91 Å². The molecule has 1 N–H and O–H groups in total. The molecule has 1 aromatic heterocycles. The van der Waals surface area contributed by atoms with Gasteiger partial charge in [0.1, 0.15) is 6.10 Å². The molecule has 6 heteroatoms. The van der Waals surface area contributed by atoms with E-state index < -0.39 is 0 Å². The van der Waals surface area contributed by atoms with E-state index in [2.05, 4.69) is 24.3 Å². The van der Waals surface area contributed by atoms with Gasteiger partial charge in [0, 0.05) is 30.6 Å². The number of aromatic nitrogens is 2. The Labute approximate surface area is 136 Å². The molecule has 0 saturated carbocycles. The van der Waals surface area contributed by atoms with Crippen molar-refractivity contribution in [2.75, 3.05) is 18.9 Å². The van der Waals surface area contributed by atoms with Crippen LogP contribution in [0.2, 0.25) is 0 Å². The van der Waals surface area contributed by atoms with Gasteiger partial charge in [-0.3, -0.25) is 9.48 Å². The highest BCUT2D eigenvalue weighted by Crippen LogP contribution is 2.38. The zero-order valence-electron chi connectivity index (χ0n) is 13.4. The molecule has 1 amide bonds. The first-order valence-corrected chi connectivity index (χ1v) is 9.16. The van der Waals surface area contributed by atoms with Gasteiger partial charge < -0.3 is 10.1 Å². The Bertz CT molecular complexity index is 525. The lowest BCUT2D eigenvalue weighted by Gasteiger charge is -2.25. The second-order valence-corrected chi connectivity index (χ2v) is 8.06. The first-order chi connectivity index (χ1) is 10.6. The minimum atomic E-state index is -0.161. The molecular weight excluding hydrogens is 298 g/mol. The maximum absolute atomic E-state index is 12.6. The maximum atomic E-state index is 12.6. The number of aryl methyl sites for hydroxylation is 1. The Hall–Kier alpha value is -1.01. The van der Waals surface area contributed by atoms with E-state index in [0.29, 0.717) is 6.61 Å². The second kappa shape index (κ2) is 6.62. The number of hydrogen-bond acceptors (Lipinski definition) is 4.